The minimum atomic E-state index is -0.806. The molecule has 0 bridgehead atoms. The molecule has 76 valence electrons. The van der Waals surface area contributed by atoms with Crippen LogP contribution in [0.4, 0.5) is 0 Å². The lowest BCUT2D eigenvalue weighted by Crippen LogP contribution is -2.27. The lowest BCUT2D eigenvalue weighted by atomic mass is 9.96. The number of hydrogen-bond donors (Lipinski definition) is 2. The van der Waals surface area contributed by atoms with E-state index >= 15 is 0 Å². The van der Waals surface area contributed by atoms with Gasteiger partial charge in [-0.25, -0.2) is 0 Å². The number of aliphatic hydroxyl groups is 2. The highest BCUT2D eigenvalue weighted by atomic mass is 16.3. The van der Waals surface area contributed by atoms with Crippen molar-refractivity contribution in [3.05, 3.63) is 35.9 Å². The zero-order valence-electron chi connectivity index (χ0n) is 8.57. The Morgan fingerprint density at radius 3 is 2.29 bits per heavy atom. The predicted octanol–water partition coefficient (Wildman–Crippen LogP) is 1.66. The zero-order chi connectivity index (χ0) is 10.4. The summed E-state index contributed by atoms with van der Waals surface area (Å²) in [5.74, 6) is -0.0441. The van der Waals surface area contributed by atoms with Gasteiger partial charge >= 0.3 is 0 Å². The Morgan fingerprint density at radius 2 is 1.86 bits per heavy atom. The molecule has 2 heteroatoms. The van der Waals surface area contributed by atoms with Crippen molar-refractivity contribution < 1.29 is 10.2 Å². The molecule has 2 N–H and O–H groups in total. The summed E-state index contributed by atoms with van der Waals surface area (Å²) in [5, 5.41) is 20.0. The lowest BCUT2D eigenvalue weighted by molar-refractivity contribution is 0.0100. The Bertz CT molecular complexity index is 326. The van der Waals surface area contributed by atoms with Crippen molar-refractivity contribution in [2.45, 2.75) is 31.5 Å². The van der Waals surface area contributed by atoms with Gasteiger partial charge in [-0.2, -0.15) is 0 Å². The number of rotatable bonds is 2. The van der Waals surface area contributed by atoms with Crippen LogP contribution in [0.2, 0.25) is 0 Å². The largest absolute Gasteiger partial charge is 0.390 e. The average Bonchev–Trinajstić information content (AvgIpc) is 2.81. The minimum absolute atomic E-state index is 0.0441. The molecule has 0 amide bonds. The van der Waals surface area contributed by atoms with Crippen molar-refractivity contribution in [2.75, 3.05) is 0 Å². The van der Waals surface area contributed by atoms with Crippen molar-refractivity contribution in [1.29, 1.82) is 0 Å². The van der Waals surface area contributed by atoms with Crippen molar-refractivity contribution in [3.8, 4) is 0 Å². The molecule has 14 heavy (non-hydrogen) atoms. The van der Waals surface area contributed by atoms with Crippen LogP contribution in [0, 0.1) is 5.92 Å². The summed E-state index contributed by atoms with van der Waals surface area (Å²) in [4.78, 5) is 0. The summed E-state index contributed by atoms with van der Waals surface area (Å²) in [6, 6.07) is 9.56. The zero-order valence-corrected chi connectivity index (χ0v) is 8.57. The minimum Gasteiger partial charge on any atom is -0.390 e. The van der Waals surface area contributed by atoms with Crippen LogP contribution in [0.15, 0.2) is 30.3 Å². The van der Waals surface area contributed by atoms with Crippen molar-refractivity contribution in [2.24, 2.45) is 5.92 Å². The highest BCUT2D eigenvalue weighted by Crippen LogP contribution is 2.56. The molecule has 0 saturated heterocycles. The molecule has 1 saturated carbocycles. The van der Waals surface area contributed by atoms with Crippen LogP contribution < -0.4 is 0 Å². The molecular formula is C12H16O2. The fourth-order valence-electron chi connectivity index (χ4n) is 2.13. The van der Waals surface area contributed by atoms with Crippen LogP contribution in [0.5, 0.6) is 0 Å². The summed E-state index contributed by atoms with van der Waals surface area (Å²) in [5.41, 5.74) is -0.698. The molecule has 1 aliphatic rings. The second kappa shape index (κ2) is 2.81. The van der Waals surface area contributed by atoms with Gasteiger partial charge in [0.05, 0.1) is 11.2 Å². The summed E-state index contributed by atoms with van der Waals surface area (Å²) in [6.07, 6.45) is 0.653. The Hall–Kier alpha value is -0.860. The maximum atomic E-state index is 10.2. The van der Waals surface area contributed by atoms with E-state index in [1.54, 1.807) is 13.8 Å². The van der Waals surface area contributed by atoms with Gasteiger partial charge in [0.25, 0.3) is 0 Å². The van der Waals surface area contributed by atoms with Crippen molar-refractivity contribution in [1.82, 2.24) is 0 Å². The molecule has 1 fully saturated rings. The summed E-state index contributed by atoms with van der Waals surface area (Å²) >= 11 is 0. The molecule has 0 radical (unpaired) electrons. The van der Waals surface area contributed by atoms with Gasteiger partial charge < -0.3 is 10.2 Å². The van der Waals surface area contributed by atoms with E-state index in [1.165, 1.54) is 0 Å². The second-order valence-corrected chi connectivity index (χ2v) is 4.70. The van der Waals surface area contributed by atoms with Gasteiger partial charge in [-0.15, -0.1) is 0 Å². The summed E-state index contributed by atoms with van der Waals surface area (Å²) in [6.45, 7) is 3.50. The molecule has 1 aromatic rings. The maximum Gasteiger partial charge on any atom is 0.0957 e. The molecule has 1 aromatic carbocycles. The predicted molar refractivity (Wildman–Crippen MR) is 54.7 cm³/mol. The van der Waals surface area contributed by atoms with Crippen molar-refractivity contribution >= 4 is 0 Å². The number of hydrogen-bond acceptors (Lipinski definition) is 2. The topological polar surface area (TPSA) is 40.5 Å². The third-order valence-corrected chi connectivity index (χ3v) is 3.06. The summed E-state index contributed by atoms with van der Waals surface area (Å²) < 4.78 is 0. The first-order chi connectivity index (χ1) is 6.44. The SMILES string of the molecule is CC(C)(O)C1CC1(O)c1ccccc1. The van der Waals surface area contributed by atoms with Gasteiger partial charge in [0.15, 0.2) is 0 Å². The van der Waals surface area contributed by atoms with Gasteiger partial charge in [-0.05, 0) is 25.8 Å². The van der Waals surface area contributed by atoms with Crippen LogP contribution >= 0.6 is 0 Å². The van der Waals surface area contributed by atoms with E-state index in [2.05, 4.69) is 0 Å². The quantitative estimate of drug-likeness (QED) is 0.748. The van der Waals surface area contributed by atoms with E-state index < -0.39 is 11.2 Å². The Morgan fingerprint density at radius 1 is 1.29 bits per heavy atom. The molecule has 0 aromatic heterocycles. The standard InChI is InChI=1S/C12H16O2/c1-11(2,13)10-8-12(10,14)9-6-4-3-5-7-9/h3-7,10,13-14H,8H2,1-2H3. The molecule has 1 aliphatic carbocycles. The van der Waals surface area contributed by atoms with Gasteiger partial charge in [-0.3, -0.25) is 0 Å². The normalized spacial score (nSPS) is 31.6. The number of benzene rings is 1. The highest BCUT2D eigenvalue weighted by Gasteiger charge is 2.60. The molecular weight excluding hydrogens is 176 g/mol. The van der Waals surface area contributed by atoms with Crippen LogP contribution in [0.1, 0.15) is 25.8 Å². The molecule has 2 nitrogen and oxygen atoms in total. The van der Waals surface area contributed by atoms with E-state index in [0.717, 1.165) is 5.56 Å². The van der Waals surface area contributed by atoms with Crippen molar-refractivity contribution in [3.63, 3.8) is 0 Å². The van der Waals surface area contributed by atoms with E-state index in [9.17, 15) is 10.2 Å². The second-order valence-electron chi connectivity index (χ2n) is 4.70. The van der Waals surface area contributed by atoms with Crippen LogP contribution in [-0.2, 0) is 5.60 Å². The maximum absolute atomic E-state index is 10.2. The average molecular weight is 192 g/mol. The Balaban J connectivity index is 2.23. The Kier molecular flexibility index (Phi) is 1.95. The van der Waals surface area contributed by atoms with Crippen LogP contribution in [-0.4, -0.2) is 15.8 Å². The van der Waals surface area contributed by atoms with E-state index in [4.69, 9.17) is 0 Å². The summed E-state index contributed by atoms with van der Waals surface area (Å²) in [7, 11) is 0. The molecule has 0 heterocycles. The van der Waals surface area contributed by atoms with Gasteiger partial charge in [0.2, 0.25) is 0 Å². The van der Waals surface area contributed by atoms with Gasteiger partial charge in [0.1, 0.15) is 0 Å². The first-order valence-corrected chi connectivity index (χ1v) is 4.95. The first-order valence-electron chi connectivity index (χ1n) is 4.95. The van der Waals surface area contributed by atoms with Gasteiger partial charge in [-0.1, -0.05) is 30.3 Å². The van der Waals surface area contributed by atoms with E-state index in [1.807, 2.05) is 30.3 Å². The molecule has 2 unspecified atom stereocenters. The Labute approximate surface area is 84.2 Å². The third kappa shape index (κ3) is 1.45. The smallest absolute Gasteiger partial charge is 0.0957 e. The molecule has 2 atom stereocenters. The molecule has 2 rings (SSSR count). The lowest BCUT2D eigenvalue weighted by Gasteiger charge is -2.20. The first kappa shape index (κ1) is 9.69. The van der Waals surface area contributed by atoms with Gasteiger partial charge in [0, 0.05) is 5.92 Å². The third-order valence-electron chi connectivity index (χ3n) is 3.06. The fraction of sp³-hybridized carbons (Fsp3) is 0.500. The van der Waals surface area contributed by atoms with Crippen LogP contribution in [0.25, 0.3) is 0 Å². The molecule has 0 spiro atoms. The highest BCUT2D eigenvalue weighted by molar-refractivity contribution is 5.31. The van der Waals surface area contributed by atoms with Crippen LogP contribution in [0.3, 0.4) is 0 Å². The molecule has 0 aliphatic heterocycles. The fourth-order valence-corrected chi connectivity index (χ4v) is 2.13. The van der Waals surface area contributed by atoms with E-state index in [0.29, 0.717) is 6.42 Å². The monoisotopic (exact) mass is 192 g/mol. The van der Waals surface area contributed by atoms with E-state index in [-0.39, 0.29) is 5.92 Å².